The van der Waals surface area contributed by atoms with Crippen LogP contribution in [0.2, 0.25) is 0 Å². The highest BCUT2D eigenvalue weighted by Crippen LogP contribution is 2.33. The summed E-state index contributed by atoms with van der Waals surface area (Å²) >= 11 is 0. The Morgan fingerprint density at radius 3 is 2.92 bits per heavy atom. The fourth-order valence-electron chi connectivity index (χ4n) is 3.19. The van der Waals surface area contributed by atoms with Gasteiger partial charge in [-0.1, -0.05) is 12.1 Å². The van der Waals surface area contributed by atoms with E-state index in [2.05, 4.69) is 14.9 Å². The van der Waals surface area contributed by atoms with Gasteiger partial charge >= 0.3 is 0 Å². The van der Waals surface area contributed by atoms with Gasteiger partial charge in [0.15, 0.2) is 0 Å². The van der Waals surface area contributed by atoms with E-state index >= 15 is 0 Å². The zero-order chi connectivity index (χ0) is 17.3. The molecule has 128 valence electrons. The number of rotatable bonds is 5. The predicted octanol–water partition coefficient (Wildman–Crippen LogP) is 1.97. The quantitative estimate of drug-likeness (QED) is 0.670. The van der Waals surface area contributed by atoms with E-state index in [1.807, 2.05) is 20.2 Å². The normalized spacial score (nSPS) is 14.0. The molecule has 1 N–H and O–H groups in total. The Balaban J connectivity index is 2.08. The van der Waals surface area contributed by atoms with Crippen LogP contribution < -0.4 is 5.32 Å². The molecule has 0 aliphatic carbocycles. The van der Waals surface area contributed by atoms with Crippen molar-refractivity contribution >= 4 is 5.69 Å². The Bertz CT molecular complexity index is 767. The Hall–Kier alpha value is -2.25. The van der Waals surface area contributed by atoms with E-state index < -0.39 is 0 Å². The largest absolute Gasteiger partial charge is 0.312 e. The van der Waals surface area contributed by atoms with Crippen molar-refractivity contribution < 1.29 is 4.92 Å². The van der Waals surface area contributed by atoms with Gasteiger partial charge in [0.25, 0.3) is 5.69 Å². The monoisotopic (exact) mass is 329 g/mol. The molecule has 7 heteroatoms. The third kappa shape index (κ3) is 3.05. The van der Waals surface area contributed by atoms with Gasteiger partial charge in [0.2, 0.25) is 0 Å². The van der Waals surface area contributed by atoms with Gasteiger partial charge in [-0.25, -0.2) is 0 Å². The highest BCUT2D eigenvalue weighted by molar-refractivity contribution is 5.71. The van der Waals surface area contributed by atoms with Crippen molar-refractivity contribution in [3.8, 4) is 11.3 Å². The fraction of sp³-hybridized carbons (Fsp3) is 0.471. The second kappa shape index (κ2) is 6.70. The second-order valence-electron chi connectivity index (χ2n) is 6.43. The first kappa shape index (κ1) is 16.6. The Morgan fingerprint density at radius 1 is 1.42 bits per heavy atom. The molecule has 1 aromatic carbocycles. The Kier molecular flexibility index (Phi) is 4.64. The number of nitrogens with one attached hydrogen (secondary N) is 1. The van der Waals surface area contributed by atoms with Crippen molar-refractivity contribution in [2.45, 2.75) is 26.4 Å². The fourth-order valence-corrected chi connectivity index (χ4v) is 3.19. The lowest BCUT2D eigenvalue weighted by Crippen LogP contribution is -2.26. The summed E-state index contributed by atoms with van der Waals surface area (Å²) in [6, 6.07) is 5.21. The van der Waals surface area contributed by atoms with Gasteiger partial charge in [-0.2, -0.15) is 5.10 Å². The van der Waals surface area contributed by atoms with Crippen LogP contribution in [0.15, 0.2) is 18.2 Å². The minimum absolute atomic E-state index is 0.146. The number of nitrogens with zero attached hydrogens (tertiary/aromatic N) is 4. The van der Waals surface area contributed by atoms with E-state index in [1.165, 1.54) is 11.3 Å². The summed E-state index contributed by atoms with van der Waals surface area (Å²) in [5.74, 6) is 0. The smallest absolute Gasteiger partial charge is 0.272 e. The number of benzene rings is 1. The number of fused-ring (bicyclic) bond motifs is 1. The van der Waals surface area contributed by atoms with Gasteiger partial charge in [-0.3, -0.25) is 14.8 Å². The van der Waals surface area contributed by atoms with Gasteiger partial charge in [-0.05, 0) is 21.0 Å². The average molecular weight is 329 g/mol. The molecule has 0 amide bonds. The van der Waals surface area contributed by atoms with Crippen molar-refractivity contribution in [2.75, 3.05) is 27.2 Å². The number of hydrogen-bond donors (Lipinski definition) is 1. The molecular formula is C17H23N5O2. The van der Waals surface area contributed by atoms with Crippen LogP contribution in [-0.4, -0.2) is 46.8 Å². The van der Waals surface area contributed by atoms with E-state index in [4.69, 9.17) is 5.10 Å². The Labute approximate surface area is 141 Å². The molecule has 3 rings (SSSR count). The van der Waals surface area contributed by atoms with Crippen LogP contribution >= 0.6 is 0 Å². The molecule has 2 heterocycles. The summed E-state index contributed by atoms with van der Waals surface area (Å²) in [4.78, 5) is 13.0. The molecule has 0 saturated heterocycles. The summed E-state index contributed by atoms with van der Waals surface area (Å²) in [7, 11) is 4.09. The van der Waals surface area contributed by atoms with Crippen molar-refractivity contribution in [3.05, 3.63) is 45.1 Å². The molecule has 0 bridgehead atoms. The zero-order valence-electron chi connectivity index (χ0n) is 14.4. The van der Waals surface area contributed by atoms with Crippen molar-refractivity contribution in [2.24, 2.45) is 0 Å². The maximum atomic E-state index is 11.2. The molecule has 0 radical (unpaired) electrons. The highest BCUT2D eigenvalue weighted by Gasteiger charge is 2.24. The van der Waals surface area contributed by atoms with Gasteiger partial charge < -0.3 is 10.2 Å². The van der Waals surface area contributed by atoms with E-state index in [1.54, 1.807) is 19.1 Å². The van der Waals surface area contributed by atoms with E-state index in [9.17, 15) is 10.1 Å². The predicted molar refractivity (Wildman–Crippen MR) is 93.0 cm³/mol. The average Bonchev–Trinajstić information content (AvgIpc) is 2.91. The summed E-state index contributed by atoms with van der Waals surface area (Å²) in [5.41, 5.74) is 4.96. The van der Waals surface area contributed by atoms with Crippen molar-refractivity contribution in [1.82, 2.24) is 20.0 Å². The topological polar surface area (TPSA) is 76.2 Å². The van der Waals surface area contributed by atoms with E-state index in [0.717, 1.165) is 43.9 Å². The van der Waals surface area contributed by atoms with Crippen LogP contribution in [0.25, 0.3) is 11.3 Å². The van der Waals surface area contributed by atoms with Gasteiger partial charge in [0, 0.05) is 54.5 Å². The summed E-state index contributed by atoms with van der Waals surface area (Å²) in [6.07, 6.45) is 0.934. The van der Waals surface area contributed by atoms with Crippen molar-refractivity contribution in [1.29, 1.82) is 0 Å². The number of hydrogen-bond acceptors (Lipinski definition) is 5. The van der Waals surface area contributed by atoms with Crippen LogP contribution in [-0.2, 0) is 19.5 Å². The molecule has 0 spiro atoms. The lowest BCUT2D eigenvalue weighted by Gasteiger charge is -2.17. The number of aromatic nitrogens is 2. The van der Waals surface area contributed by atoms with Crippen molar-refractivity contribution in [3.63, 3.8) is 0 Å². The minimum Gasteiger partial charge on any atom is -0.312 e. The first-order valence-electron chi connectivity index (χ1n) is 8.17. The standard InChI is InChI=1S/C17H23N5O2/c1-12-13(5-4-6-15(12)22(23)24)17-14-11-18-8-7-16(14)21(19-17)10-9-20(2)3/h4-6,18H,7-11H2,1-3H3. The first-order valence-corrected chi connectivity index (χ1v) is 8.17. The molecule has 7 nitrogen and oxygen atoms in total. The van der Waals surface area contributed by atoms with E-state index in [0.29, 0.717) is 5.56 Å². The third-order valence-corrected chi connectivity index (χ3v) is 4.52. The van der Waals surface area contributed by atoms with Crippen LogP contribution in [0.5, 0.6) is 0 Å². The van der Waals surface area contributed by atoms with Crippen LogP contribution in [0, 0.1) is 17.0 Å². The first-order chi connectivity index (χ1) is 11.5. The highest BCUT2D eigenvalue weighted by atomic mass is 16.6. The van der Waals surface area contributed by atoms with Crippen LogP contribution in [0.4, 0.5) is 5.69 Å². The Morgan fingerprint density at radius 2 is 2.21 bits per heavy atom. The maximum absolute atomic E-state index is 11.2. The molecule has 0 fully saturated rings. The van der Waals surface area contributed by atoms with E-state index in [-0.39, 0.29) is 10.6 Å². The number of nitro groups is 1. The van der Waals surface area contributed by atoms with Crippen LogP contribution in [0.1, 0.15) is 16.8 Å². The molecule has 0 unspecified atom stereocenters. The van der Waals surface area contributed by atoms with Crippen LogP contribution in [0.3, 0.4) is 0 Å². The lowest BCUT2D eigenvalue weighted by atomic mass is 9.98. The SMILES string of the molecule is Cc1c(-c2nn(CCN(C)C)c3c2CNCC3)cccc1[N+](=O)[O-]. The minimum atomic E-state index is -0.327. The van der Waals surface area contributed by atoms with Gasteiger partial charge in [0.1, 0.15) is 0 Å². The zero-order valence-corrected chi connectivity index (χ0v) is 14.4. The molecule has 2 aromatic rings. The second-order valence-corrected chi connectivity index (χ2v) is 6.43. The maximum Gasteiger partial charge on any atom is 0.272 e. The number of nitro benzene ring substituents is 1. The third-order valence-electron chi connectivity index (χ3n) is 4.52. The van der Waals surface area contributed by atoms with Gasteiger partial charge in [-0.15, -0.1) is 0 Å². The number of likely N-dealkylation sites (N-methyl/N-ethyl adjacent to an activating group) is 1. The van der Waals surface area contributed by atoms with Gasteiger partial charge in [0.05, 0.1) is 17.2 Å². The molecule has 1 aromatic heterocycles. The molecule has 24 heavy (non-hydrogen) atoms. The lowest BCUT2D eigenvalue weighted by molar-refractivity contribution is -0.385. The molecule has 0 atom stereocenters. The molecule has 1 aliphatic rings. The summed E-state index contributed by atoms with van der Waals surface area (Å²) in [6.45, 7) is 5.23. The summed E-state index contributed by atoms with van der Waals surface area (Å²) in [5, 5.41) is 19.5. The molecular weight excluding hydrogens is 306 g/mol. The molecule has 1 aliphatic heterocycles. The molecule has 0 saturated carbocycles. The summed E-state index contributed by atoms with van der Waals surface area (Å²) < 4.78 is 2.07.